The number of carbonyl (C=O) groups excluding carboxylic acids is 2. The first kappa shape index (κ1) is 18.6. The Hall–Kier alpha value is -1.43. The molecule has 2 N–H and O–H groups in total. The first-order valence-electron chi connectivity index (χ1n) is 7.39. The number of benzene rings is 1. The second kappa shape index (κ2) is 8.88. The number of amides is 1. The Morgan fingerprint density at radius 1 is 1.36 bits per heavy atom. The van der Waals surface area contributed by atoms with Crippen LogP contribution in [0, 0.1) is 0 Å². The molecular weight excluding hydrogens is 302 g/mol. The average Bonchev–Trinajstić information content (AvgIpc) is 2.86. The molecule has 1 atom stereocenters. The van der Waals surface area contributed by atoms with Gasteiger partial charge >= 0.3 is 0 Å². The third-order valence-corrected chi connectivity index (χ3v) is 3.84. The largest absolute Gasteiger partial charge is 0.325 e. The molecular formula is C16H24ClN3O2. The van der Waals surface area contributed by atoms with E-state index in [0.717, 1.165) is 25.9 Å². The molecule has 5 nitrogen and oxygen atoms in total. The first-order chi connectivity index (χ1) is 10.1. The van der Waals surface area contributed by atoms with E-state index in [0.29, 0.717) is 23.8 Å². The van der Waals surface area contributed by atoms with Crippen LogP contribution in [0.5, 0.6) is 0 Å². The molecule has 1 aliphatic rings. The summed E-state index contributed by atoms with van der Waals surface area (Å²) in [6, 6.07) is 7.49. The van der Waals surface area contributed by atoms with E-state index in [1.54, 1.807) is 24.3 Å². The van der Waals surface area contributed by atoms with Gasteiger partial charge in [0.1, 0.15) is 0 Å². The van der Waals surface area contributed by atoms with Crippen LogP contribution in [0.2, 0.25) is 0 Å². The van der Waals surface area contributed by atoms with Crippen LogP contribution in [0.1, 0.15) is 30.1 Å². The van der Waals surface area contributed by atoms with E-state index in [4.69, 9.17) is 0 Å². The Kier molecular flexibility index (Phi) is 7.51. The van der Waals surface area contributed by atoms with Crippen molar-refractivity contribution in [2.75, 3.05) is 32.0 Å². The number of nitrogens with zero attached hydrogens (tertiary/aromatic N) is 1. The Balaban J connectivity index is 0.00000242. The molecule has 0 spiro atoms. The summed E-state index contributed by atoms with van der Waals surface area (Å²) in [6.07, 6.45) is 2.27. The van der Waals surface area contributed by atoms with Crippen LogP contribution < -0.4 is 10.6 Å². The number of likely N-dealkylation sites (tertiary alicyclic amines) is 1. The highest BCUT2D eigenvalue weighted by Crippen LogP contribution is 2.17. The highest BCUT2D eigenvalue weighted by molar-refractivity contribution is 5.97. The van der Waals surface area contributed by atoms with Gasteiger partial charge in [-0.2, -0.15) is 0 Å². The van der Waals surface area contributed by atoms with Gasteiger partial charge in [-0.1, -0.05) is 12.1 Å². The van der Waals surface area contributed by atoms with Crippen LogP contribution in [-0.4, -0.2) is 49.3 Å². The average molecular weight is 326 g/mol. The molecule has 2 rings (SSSR count). The van der Waals surface area contributed by atoms with Crippen LogP contribution >= 0.6 is 12.4 Å². The smallest absolute Gasteiger partial charge is 0.238 e. The van der Waals surface area contributed by atoms with Crippen molar-refractivity contribution in [3.63, 3.8) is 0 Å². The fourth-order valence-corrected chi connectivity index (χ4v) is 2.77. The molecule has 0 radical (unpaired) electrons. The van der Waals surface area contributed by atoms with Gasteiger partial charge < -0.3 is 10.6 Å². The first-order valence-corrected chi connectivity index (χ1v) is 7.39. The maximum Gasteiger partial charge on any atom is 0.238 e. The summed E-state index contributed by atoms with van der Waals surface area (Å²) in [5.74, 6) is -0.0292. The summed E-state index contributed by atoms with van der Waals surface area (Å²) in [5.41, 5.74) is 1.29. The lowest BCUT2D eigenvalue weighted by atomic mass is 10.1. The molecule has 1 unspecified atom stereocenters. The number of nitrogens with one attached hydrogen (secondary N) is 2. The zero-order chi connectivity index (χ0) is 15.2. The lowest BCUT2D eigenvalue weighted by Crippen LogP contribution is -2.41. The number of ketones is 1. The third kappa shape index (κ3) is 5.09. The topological polar surface area (TPSA) is 61.4 Å². The number of likely N-dealkylation sites (N-methyl/N-ethyl adjacent to an activating group) is 1. The molecule has 122 valence electrons. The molecule has 0 aliphatic carbocycles. The van der Waals surface area contributed by atoms with Gasteiger partial charge in [-0.25, -0.2) is 0 Å². The van der Waals surface area contributed by atoms with Crippen LogP contribution in [-0.2, 0) is 4.79 Å². The number of hydrogen-bond acceptors (Lipinski definition) is 4. The maximum atomic E-state index is 12.1. The van der Waals surface area contributed by atoms with Crippen molar-refractivity contribution >= 4 is 29.8 Å². The van der Waals surface area contributed by atoms with Crippen molar-refractivity contribution < 1.29 is 9.59 Å². The van der Waals surface area contributed by atoms with E-state index in [2.05, 4.69) is 15.5 Å². The van der Waals surface area contributed by atoms with Crippen molar-refractivity contribution in [1.29, 1.82) is 0 Å². The van der Waals surface area contributed by atoms with Crippen molar-refractivity contribution in [3.8, 4) is 0 Å². The van der Waals surface area contributed by atoms with Gasteiger partial charge in [-0.05, 0) is 45.5 Å². The lowest BCUT2D eigenvalue weighted by Gasteiger charge is -2.23. The number of anilines is 1. The molecule has 1 aliphatic heterocycles. The summed E-state index contributed by atoms with van der Waals surface area (Å²) in [7, 11) is 1.93. The van der Waals surface area contributed by atoms with Crippen molar-refractivity contribution in [2.45, 2.75) is 25.8 Å². The second-order valence-electron chi connectivity index (χ2n) is 5.51. The Labute approximate surface area is 137 Å². The molecule has 1 aromatic rings. The van der Waals surface area contributed by atoms with E-state index in [1.165, 1.54) is 6.92 Å². The molecule has 0 aromatic heterocycles. The zero-order valence-electron chi connectivity index (χ0n) is 13.1. The quantitative estimate of drug-likeness (QED) is 0.785. The fraction of sp³-hybridized carbons (Fsp3) is 0.500. The van der Waals surface area contributed by atoms with E-state index in [1.807, 2.05) is 7.05 Å². The predicted octanol–water partition coefficient (Wildman–Crippen LogP) is 1.93. The normalized spacial score (nSPS) is 17.8. The summed E-state index contributed by atoms with van der Waals surface area (Å²) < 4.78 is 0. The highest BCUT2D eigenvalue weighted by Gasteiger charge is 2.25. The van der Waals surface area contributed by atoms with E-state index >= 15 is 0 Å². The molecule has 0 bridgehead atoms. The van der Waals surface area contributed by atoms with Gasteiger partial charge in [0.25, 0.3) is 0 Å². The highest BCUT2D eigenvalue weighted by atomic mass is 35.5. The minimum absolute atomic E-state index is 0. The van der Waals surface area contributed by atoms with Crippen LogP contribution in [0.25, 0.3) is 0 Å². The number of rotatable bonds is 6. The Morgan fingerprint density at radius 3 is 2.82 bits per heavy atom. The second-order valence-corrected chi connectivity index (χ2v) is 5.51. The molecule has 1 fully saturated rings. The summed E-state index contributed by atoms with van der Waals surface area (Å²) >= 11 is 0. The molecule has 1 amide bonds. The molecule has 22 heavy (non-hydrogen) atoms. The van der Waals surface area contributed by atoms with E-state index < -0.39 is 0 Å². The Morgan fingerprint density at radius 2 is 2.14 bits per heavy atom. The van der Waals surface area contributed by atoms with Gasteiger partial charge in [-0.15, -0.1) is 12.4 Å². The van der Waals surface area contributed by atoms with Crippen molar-refractivity contribution in [1.82, 2.24) is 10.2 Å². The standard InChI is InChI=1S/C16H23N3O2.ClH/c1-12(20)13-5-3-6-14(9-13)18-16(21)11-19-8-4-7-15(19)10-17-2;/h3,5-6,9,15,17H,4,7-8,10-11H2,1-2H3,(H,18,21);1H. The third-order valence-electron chi connectivity index (χ3n) is 3.84. The fourth-order valence-electron chi connectivity index (χ4n) is 2.77. The van der Waals surface area contributed by atoms with Crippen LogP contribution in [0.4, 0.5) is 5.69 Å². The Bertz CT molecular complexity index is 522. The van der Waals surface area contributed by atoms with E-state index in [-0.39, 0.29) is 24.1 Å². The van der Waals surface area contributed by atoms with Gasteiger partial charge in [0.2, 0.25) is 5.91 Å². The monoisotopic (exact) mass is 325 g/mol. The number of Topliss-reactive ketones (excluding diaryl/α,β-unsaturated/α-hetero) is 1. The summed E-state index contributed by atoms with van der Waals surface area (Å²) in [6.45, 7) is 3.80. The van der Waals surface area contributed by atoms with Gasteiger partial charge in [-0.3, -0.25) is 14.5 Å². The molecule has 6 heteroatoms. The summed E-state index contributed by atoms with van der Waals surface area (Å²) in [5, 5.41) is 6.05. The minimum atomic E-state index is -0.0290. The van der Waals surface area contributed by atoms with Gasteiger partial charge in [0, 0.05) is 23.8 Å². The van der Waals surface area contributed by atoms with E-state index in [9.17, 15) is 9.59 Å². The van der Waals surface area contributed by atoms with Crippen molar-refractivity contribution in [3.05, 3.63) is 29.8 Å². The van der Waals surface area contributed by atoms with Gasteiger partial charge in [0.05, 0.1) is 6.54 Å². The maximum absolute atomic E-state index is 12.1. The van der Waals surface area contributed by atoms with Crippen LogP contribution in [0.15, 0.2) is 24.3 Å². The van der Waals surface area contributed by atoms with Crippen LogP contribution in [0.3, 0.4) is 0 Å². The zero-order valence-corrected chi connectivity index (χ0v) is 13.9. The predicted molar refractivity (Wildman–Crippen MR) is 90.8 cm³/mol. The molecule has 1 saturated heterocycles. The SMILES string of the molecule is CNCC1CCCN1CC(=O)Nc1cccc(C(C)=O)c1.Cl. The lowest BCUT2D eigenvalue weighted by molar-refractivity contribution is -0.117. The molecule has 0 saturated carbocycles. The van der Waals surface area contributed by atoms with Gasteiger partial charge in [0.15, 0.2) is 5.78 Å². The number of halogens is 1. The summed E-state index contributed by atoms with van der Waals surface area (Å²) in [4.78, 5) is 25.7. The molecule has 1 aromatic carbocycles. The number of hydrogen-bond donors (Lipinski definition) is 2. The van der Waals surface area contributed by atoms with Crippen molar-refractivity contribution in [2.24, 2.45) is 0 Å². The minimum Gasteiger partial charge on any atom is -0.325 e. The number of carbonyl (C=O) groups is 2. The molecule has 1 heterocycles.